The molecule has 0 aromatic rings. The standard InChI is InChI=1S/C4H11NO/c1-5(2,3)4-6/h4H2,1-3H3/q+1. The third kappa shape index (κ3) is 3.92. The van der Waals surface area contributed by atoms with E-state index in [1.54, 1.807) is 0 Å². The molecule has 0 aliphatic rings. The molecule has 2 nitrogen and oxygen atoms in total. The third-order valence-electron chi connectivity index (χ3n) is 0.387. The number of rotatable bonds is 1. The summed E-state index contributed by atoms with van der Waals surface area (Å²) in [5, 5.41) is 9.92. The average molecular weight is 89.1 g/mol. The Labute approximate surface area is 38.6 Å². The fourth-order valence-electron chi connectivity index (χ4n) is 0. The van der Waals surface area contributed by atoms with Crippen LogP contribution in [-0.4, -0.2) is 32.4 Å². The summed E-state index contributed by atoms with van der Waals surface area (Å²) < 4.78 is 0.514. The van der Waals surface area contributed by atoms with E-state index in [1.807, 2.05) is 21.1 Å². The summed E-state index contributed by atoms with van der Waals surface area (Å²) in [6.45, 7) is -0.0417. The van der Waals surface area contributed by atoms with Gasteiger partial charge >= 0.3 is 0 Å². The van der Waals surface area contributed by atoms with Crippen LogP contribution < -0.4 is 0 Å². The van der Waals surface area contributed by atoms with Crippen molar-refractivity contribution in [1.82, 2.24) is 0 Å². The molecule has 0 unspecified atom stereocenters. The smallest absolute Gasteiger partial charge is 0.214 e. The fourth-order valence-corrected chi connectivity index (χ4v) is 0. The van der Waals surface area contributed by atoms with Crippen LogP contribution in [0, 0.1) is 0 Å². The lowest BCUT2D eigenvalue weighted by molar-refractivity contribution is -0.893. The first kappa shape index (κ1) is 5.92. The molecule has 0 aromatic heterocycles. The maximum atomic E-state index is 9.92. The molecule has 0 N–H and O–H groups in total. The molecule has 37 valence electrons. The molecular formula is C4H11NO+. The summed E-state index contributed by atoms with van der Waals surface area (Å²) in [4.78, 5) is 0. The van der Waals surface area contributed by atoms with Gasteiger partial charge in [0.1, 0.15) is 0 Å². The van der Waals surface area contributed by atoms with Crippen LogP contribution in [0.2, 0.25) is 0 Å². The second-order valence-electron chi connectivity index (χ2n) is 2.42. The molecule has 2 heteroatoms. The Morgan fingerprint density at radius 2 is 1.50 bits per heavy atom. The first-order valence-corrected chi connectivity index (χ1v) is 1.95. The Bertz CT molecular complexity index is 37.3. The lowest BCUT2D eigenvalue weighted by atomic mass is 10.7. The van der Waals surface area contributed by atoms with Crippen LogP contribution in [0.5, 0.6) is 0 Å². The van der Waals surface area contributed by atoms with Gasteiger partial charge in [0.15, 0.2) is 0 Å². The van der Waals surface area contributed by atoms with Crippen molar-refractivity contribution < 1.29 is 9.59 Å². The maximum absolute atomic E-state index is 9.92. The van der Waals surface area contributed by atoms with Crippen LogP contribution in [-0.2, 0) is 5.11 Å². The van der Waals surface area contributed by atoms with Crippen molar-refractivity contribution in [2.24, 2.45) is 0 Å². The topological polar surface area (TPSA) is 19.9 Å². The Morgan fingerprint density at radius 3 is 1.50 bits per heavy atom. The van der Waals surface area contributed by atoms with Crippen molar-refractivity contribution in [1.29, 1.82) is 0 Å². The minimum absolute atomic E-state index is 0.0417. The van der Waals surface area contributed by atoms with E-state index >= 15 is 0 Å². The Kier molecular flexibility index (Phi) is 1.56. The molecule has 0 bridgehead atoms. The average Bonchev–Trinajstić information content (AvgIpc) is 1.35. The molecule has 0 amide bonds. The van der Waals surface area contributed by atoms with Crippen molar-refractivity contribution in [3.8, 4) is 0 Å². The van der Waals surface area contributed by atoms with Crippen molar-refractivity contribution >= 4 is 0 Å². The van der Waals surface area contributed by atoms with Crippen molar-refractivity contribution in [3.63, 3.8) is 0 Å². The predicted octanol–water partition coefficient (Wildman–Crippen LogP) is 0.0806. The second kappa shape index (κ2) is 1.58. The molecule has 0 atom stereocenters. The zero-order valence-corrected chi connectivity index (χ0v) is 4.56. The van der Waals surface area contributed by atoms with Gasteiger partial charge in [0, 0.05) is 0 Å². The van der Waals surface area contributed by atoms with Crippen LogP contribution in [0.3, 0.4) is 0 Å². The highest BCUT2D eigenvalue weighted by Gasteiger charge is 2.00. The monoisotopic (exact) mass is 89.1 g/mol. The number of hydrogen-bond acceptors (Lipinski definition) is 0. The lowest BCUT2D eigenvalue weighted by Gasteiger charge is -2.17. The minimum Gasteiger partial charge on any atom is -0.306 e. The van der Waals surface area contributed by atoms with Crippen molar-refractivity contribution in [2.75, 3.05) is 27.9 Å². The number of hydrogen-bond donors (Lipinski definition) is 0. The molecule has 6 heavy (non-hydrogen) atoms. The fraction of sp³-hybridized carbons (Fsp3) is 1.00. The molecule has 0 rings (SSSR count). The van der Waals surface area contributed by atoms with Gasteiger partial charge in [0.2, 0.25) is 6.73 Å². The van der Waals surface area contributed by atoms with E-state index in [0.717, 1.165) is 0 Å². The van der Waals surface area contributed by atoms with Gasteiger partial charge in [-0.15, -0.1) is 0 Å². The summed E-state index contributed by atoms with van der Waals surface area (Å²) in [6, 6.07) is 0. The normalized spacial score (nSPS) is 12.0. The summed E-state index contributed by atoms with van der Waals surface area (Å²) >= 11 is 0. The maximum Gasteiger partial charge on any atom is 0.214 e. The Balaban J connectivity index is 3.17. The molecular weight excluding hydrogens is 78.0 g/mol. The third-order valence-corrected chi connectivity index (χ3v) is 0.387. The Morgan fingerprint density at radius 1 is 1.33 bits per heavy atom. The van der Waals surface area contributed by atoms with Crippen molar-refractivity contribution in [2.45, 2.75) is 0 Å². The largest absolute Gasteiger partial charge is 0.306 e. The Hall–Kier alpha value is -0.0800. The van der Waals surface area contributed by atoms with Crippen LogP contribution in [0.4, 0.5) is 0 Å². The zero-order chi connectivity index (χ0) is 5.21. The van der Waals surface area contributed by atoms with E-state index in [9.17, 15) is 5.11 Å². The highest BCUT2D eigenvalue weighted by Crippen LogP contribution is 1.82. The van der Waals surface area contributed by atoms with Gasteiger partial charge in [-0.1, -0.05) is 0 Å². The van der Waals surface area contributed by atoms with E-state index in [4.69, 9.17) is 0 Å². The SMILES string of the molecule is C[N+](C)(C)C[O]. The van der Waals surface area contributed by atoms with Gasteiger partial charge in [-0.3, -0.25) is 0 Å². The molecule has 0 fully saturated rings. The lowest BCUT2D eigenvalue weighted by Crippen LogP contribution is -2.34. The molecule has 0 aromatic carbocycles. The van der Waals surface area contributed by atoms with Gasteiger partial charge in [0.25, 0.3) is 0 Å². The minimum atomic E-state index is -0.0417. The summed E-state index contributed by atoms with van der Waals surface area (Å²) in [7, 11) is 5.60. The van der Waals surface area contributed by atoms with Crippen molar-refractivity contribution in [3.05, 3.63) is 0 Å². The van der Waals surface area contributed by atoms with E-state index in [1.165, 1.54) is 0 Å². The van der Waals surface area contributed by atoms with Crippen LogP contribution >= 0.6 is 0 Å². The van der Waals surface area contributed by atoms with Gasteiger partial charge in [-0.2, -0.15) is 5.11 Å². The molecule has 0 spiro atoms. The molecule has 0 aliphatic heterocycles. The van der Waals surface area contributed by atoms with Gasteiger partial charge in [-0.05, 0) is 0 Å². The molecule has 0 aliphatic carbocycles. The van der Waals surface area contributed by atoms with Crippen LogP contribution in [0.25, 0.3) is 0 Å². The van der Waals surface area contributed by atoms with E-state index < -0.39 is 0 Å². The second-order valence-corrected chi connectivity index (χ2v) is 2.42. The van der Waals surface area contributed by atoms with Crippen LogP contribution in [0.15, 0.2) is 0 Å². The summed E-state index contributed by atoms with van der Waals surface area (Å²) in [5.41, 5.74) is 0. The number of nitrogens with zero attached hydrogens (tertiary/aromatic N) is 1. The zero-order valence-electron chi connectivity index (χ0n) is 4.56. The van der Waals surface area contributed by atoms with E-state index in [0.29, 0.717) is 4.48 Å². The number of quaternary nitrogens is 1. The first-order valence-electron chi connectivity index (χ1n) is 1.95. The van der Waals surface area contributed by atoms with Crippen LogP contribution in [0.1, 0.15) is 0 Å². The molecule has 1 radical (unpaired) electrons. The van der Waals surface area contributed by atoms with Gasteiger partial charge < -0.3 is 4.48 Å². The summed E-state index contributed by atoms with van der Waals surface area (Å²) in [6.07, 6.45) is 0. The quantitative estimate of drug-likeness (QED) is 0.320. The van der Waals surface area contributed by atoms with Gasteiger partial charge in [-0.25, -0.2) is 0 Å². The highest BCUT2D eigenvalue weighted by molar-refractivity contribution is 3.94. The predicted molar refractivity (Wildman–Crippen MR) is 23.6 cm³/mol. The van der Waals surface area contributed by atoms with E-state index in [-0.39, 0.29) is 6.73 Å². The molecule has 0 saturated carbocycles. The first-order chi connectivity index (χ1) is 2.56. The summed E-state index contributed by atoms with van der Waals surface area (Å²) in [5.74, 6) is 0. The molecule has 0 heterocycles. The van der Waals surface area contributed by atoms with E-state index in [2.05, 4.69) is 0 Å². The highest BCUT2D eigenvalue weighted by atomic mass is 16.3. The molecule has 0 saturated heterocycles. The van der Waals surface area contributed by atoms with Gasteiger partial charge in [0.05, 0.1) is 21.1 Å².